The number of nitrogens with zero attached hydrogens (tertiary/aromatic N) is 4. The van der Waals surface area contributed by atoms with Crippen LogP contribution in [0, 0.1) is 23.1 Å². The third-order valence-electron chi connectivity index (χ3n) is 5.25. The summed E-state index contributed by atoms with van der Waals surface area (Å²) in [5.41, 5.74) is 0.712. The van der Waals surface area contributed by atoms with E-state index in [4.69, 9.17) is 21.6 Å². The van der Waals surface area contributed by atoms with Gasteiger partial charge in [0, 0.05) is 43.5 Å². The van der Waals surface area contributed by atoms with E-state index in [0.717, 1.165) is 5.82 Å². The fraction of sp³-hybridized carbons (Fsp3) is 0.364. The molecule has 3 rings (SSSR count). The molecule has 7 nitrogen and oxygen atoms in total. The average Bonchev–Trinajstić information content (AvgIpc) is 2.79. The number of nitriles is 1. The standard InChI is InChI=1S/C22H22ClFN4O3/c1-27(13-17-18(23)3-2-4-19(17)24)21(29)14-31-22(30)16-7-9-28(10-8-16)20-6-5-15(11-25)12-26-20/h2-6,12,16H,7-10,13-14H2,1H3. The molecule has 2 heterocycles. The SMILES string of the molecule is CN(Cc1c(F)cccc1Cl)C(=O)COC(=O)C1CCN(c2ccc(C#N)cn2)CC1. The minimum absolute atomic E-state index is 0.0160. The Morgan fingerprint density at radius 3 is 2.68 bits per heavy atom. The lowest BCUT2D eigenvalue weighted by Gasteiger charge is -2.31. The van der Waals surface area contributed by atoms with E-state index < -0.39 is 24.3 Å². The molecule has 162 valence electrons. The van der Waals surface area contributed by atoms with Crippen LogP contribution in [-0.4, -0.2) is 48.5 Å². The molecule has 0 aliphatic carbocycles. The van der Waals surface area contributed by atoms with E-state index in [2.05, 4.69) is 4.98 Å². The summed E-state index contributed by atoms with van der Waals surface area (Å²) in [5.74, 6) is -0.888. The highest BCUT2D eigenvalue weighted by Gasteiger charge is 2.27. The van der Waals surface area contributed by atoms with Crippen molar-refractivity contribution in [2.45, 2.75) is 19.4 Å². The normalized spacial score (nSPS) is 14.1. The van der Waals surface area contributed by atoms with Gasteiger partial charge in [0.1, 0.15) is 17.7 Å². The Morgan fingerprint density at radius 2 is 2.06 bits per heavy atom. The first-order chi connectivity index (χ1) is 14.9. The highest BCUT2D eigenvalue weighted by atomic mass is 35.5. The number of benzene rings is 1. The lowest BCUT2D eigenvalue weighted by molar-refractivity contribution is -0.155. The zero-order chi connectivity index (χ0) is 22.4. The molecular formula is C22H22ClFN4O3. The second-order valence-corrected chi connectivity index (χ2v) is 7.74. The first-order valence-electron chi connectivity index (χ1n) is 9.83. The number of carbonyl (C=O) groups is 2. The van der Waals surface area contributed by atoms with Crippen LogP contribution in [0.2, 0.25) is 5.02 Å². The van der Waals surface area contributed by atoms with E-state index in [1.54, 1.807) is 18.2 Å². The molecule has 1 saturated heterocycles. The number of esters is 1. The molecule has 0 saturated carbocycles. The van der Waals surface area contributed by atoms with Crippen molar-refractivity contribution in [1.29, 1.82) is 5.26 Å². The van der Waals surface area contributed by atoms with E-state index in [-0.39, 0.29) is 23.0 Å². The molecule has 1 aromatic heterocycles. The number of amides is 1. The van der Waals surface area contributed by atoms with Crippen LogP contribution < -0.4 is 4.90 Å². The van der Waals surface area contributed by atoms with Crippen molar-refractivity contribution < 1.29 is 18.7 Å². The maximum atomic E-state index is 13.9. The van der Waals surface area contributed by atoms with E-state index in [9.17, 15) is 14.0 Å². The average molecular weight is 445 g/mol. The smallest absolute Gasteiger partial charge is 0.309 e. The highest BCUT2D eigenvalue weighted by molar-refractivity contribution is 6.31. The molecule has 0 unspecified atom stereocenters. The van der Waals surface area contributed by atoms with Gasteiger partial charge in [-0.2, -0.15) is 5.26 Å². The van der Waals surface area contributed by atoms with Gasteiger partial charge < -0.3 is 14.5 Å². The summed E-state index contributed by atoms with van der Waals surface area (Å²) in [6, 6.07) is 9.85. The molecule has 2 aromatic rings. The number of rotatable bonds is 6. The fourth-order valence-corrected chi connectivity index (χ4v) is 3.58. The van der Waals surface area contributed by atoms with Gasteiger partial charge in [0.25, 0.3) is 5.91 Å². The Balaban J connectivity index is 1.45. The molecule has 0 N–H and O–H groups in total. The van der Waals surface area contributed by atoms with Crippen molar-refractivity contribution >= 4 is 29.3 Å². The van der Waals surface area contributed by atoms with Gasteiger partial charge in [-0.15, -0.1) is 0 Å². The zero-order valence-electron chi connectivity index (χ0n) is 17.1. The number of ether oxygens (including phenoxy) is 1. The van der Waals surface area contributed by atoms with E-state index >= 15 is 0 Å². The summed E-state index contributed by atoms with van der Waals surface area (Å²) in [6.07, 6.45) is 2.68. The summed E-state index contributed by atoms with van der Waals surface area (Å²) >= 11 is 5.99. The van der Waals surface area contributed by atoms with Crippen molar-refractivity contribution in [2.24, 2.45) is 5.92 Å². The number of piperidine rings is 1. The number of anilines is 1. The number of hydrogen-bond acceptors (Lipinski definition) is 6. The van der Waals surface area contributed by atoms with Crippen LogP contribution in [0.3, 0.4) is 0 Å². The summed E-state index contributed by atoms with van der Waals surface area (Å²) in [4.78, 5) is 32.3. The molecule has 1 amide bonds. The van der Waals surface area contributed by atoms with Gasteiger partial charge in [-0.05, 0) is 37.1 Å². The van der Waals surface area contributed by atoms with Gasteiger partial charge in [-0.25, -0.2) is 9.37 Å². The molecule has 0 bridgehead atoms. The second kappa shape index (κ2) is 10.2. The van der Waals surface area contributed by atoms with Crippen LogP contribution >= 0.6 is 11.6 Å². The third-order valence-corrected chi connectivity index (χ3v) is 5.60. The molecule has 31 heavy (non-hydrogen) atoms. The monoisotopic (exact) mass is 444 g/mol. The minimum atomic E-state index is -0.493. The quantitative estimate of drug-likeness (QED) is 0.636. The first-order valence-corrected chi connectivity index (χ1v) is 10.2. The fourth-order valence-electron chi connectivity index (χ4n) is 3.35. The van der Waals surface area contributed by atoms with Crippen molar-refractivity contribution in [3.8, 4) is 6.07 Å². The van der Waals surface area contributed by atoms with Crippen molar-refractivity contribution in [3.05, 3.63) is 58.5 Å². The number of hydrogen-bond donors (Lipinski definition) is 0. The number of aromatic nitrogens is 1. The lowest BCUT2D eigenvalue weighted by Crippen LogP contribution is -2.38. The molecule has 1 aliphatic heterocycles. The van der Waals surface area contributed by atoms with Crippen LogP contribution in [0.15, 0.2) is 36.5 Å². The summed E-state index contributed by atoms with van der Waals surface area (Å²) in [7, 11) is 1.50. The number of carbonyl (C=O) groups excluding carboxylic acids is 2. The Labute approximate surface area is 185 Å². The van der Waals surface area contributed by atoms with Gasteiger partial charge in [0.05, 0.1) is 11.5 Å². The van der Waals surface area contributed by atoms with Gasteiger partial charge in [-0.1, -0.05) is 17.7 Å². The molecule has 1 aromatic carbocycles. The summed E-state index contributed by atoms with van der Waals surface area (Å²) in [5, 5.41) is 9.09. The van der Waals surface area contributed by atoms with Crippen LogP contribution in [-0.2, 0) is 20.9 Å². The van der Waals surface area contributed by atoms with E-state index in [0.29, 0.717) is 31.5 Å². The van der Waals surface area contributed by atoms with E-state index in [1.165, 1.54) is 30.3 Å². The van der Waals surface area contributed by atoms with Crippen molar-refractivity contribution in [2.75, 3.05) is 31.6 Å². The number of halogens is 2. The molecule has 0 spiro atoms. The van der Waals surface area contributed by atoms with E-state index in [1.807, 2.05) is 11.0 Å². The maximum absolute atomic E-state index is 13.9. The van der Waals surface area contributed by atoms with Crippen molar-refractivity contribution in [3.63, 3.8) is 0 Å². The Bertz CT molecular complexity index is 965. The predicted octanol–water partition coefficient (Wildman–Crippen LogP) is 3.16. The third kappa shape index (κ3) is 5.70. The molecule has 1 aliphatic rings. The minimum Gasteiger partial charge on any atom is -0.455 e. The predicted molar refractivity (Wildman–Crippen MR) is 113 cm³/mol. The second-order valence-electron chi connectivity index (χ2n) is 7.34. The topological polar surface area (TPSA) is 86.5 Å². The molecule has 0 atom stereocenters. The lowest BCUT2D eigenvalue weighted by atomic mass is 9.97. The molecule has 0 radical (unpaired) electrons. The molecular weight excluding hydrogens is 423 g/mol. The summed E-state index contributed by atoms with van der Waals surface area (Å²) < 4.78 is 19.1. The van der Waals surface area contributed by atoms with Crippen LogP contribution in [0.4, 0.5) is 10.2 Å². The van der Waals surface area contributed by atoms with Crippen molar-refractivity contribution in [1.82, 2.24) is 9.88 Å². The van der Waals surface area contributed by atoms with Crippen LogP contribution in [0.1, 0.15) is 24.0 Å². The highest BCUT2D eigenvalue weighted by Crippen LogP contribution is 2.23. The maximum Gasteiger partial charge on any atom is 0.309 e. The Hall–Kier alpha value is -3.18. The Morgan fingerprint density at radius 1 is 1.32 bits per heavy atom. The largest absolute Gasteiger partial charge is 0.455 e. The van der Waals surface area contributed by atoms with Gasteiger partial charge in [-0.3, -0.25) is 9.59 Å². The van der Waals surface area contributed by atoms with Gasteiger partial charge in [0.2, 0.25) is 0 Å². The summed E-state index contributed by atoms with van der Waals surface area (Å²) in [6.45, 7) is 0.827. The van der Waals surface area contributed by atoms with Gasteiger partial charge in [0.15, 0.2) is 6.61 Å². The zero-order valence-corrected chi connectivity index (χ0v) is 17.8. The first kappa shape index (κ1) is 22.5. The Kier molecular flexibility index (Phi) is 7.42. The van der Waals surface area contributed by atoms with Crippen LogP contribution in [0.25, 0.3) is 0 Å². The van der Waals surface area contributed by atoms with Crippen LogP contribution in [0.5, 0.6) is 0 Å². The molecule has 9 heteroatoms. The number of pyridine rings is 1. The molecule has 1 fully saturated rings. The van der Waals surface area contributed by atoms with Gasteiger partial charge >= 0.3 is 5.97 Å². The number of likely N-dealkylation sites (N-methyl/N-ethyl adjacent to an activating group) is 1.